The Balaban J connectivity index is 1.08. The first-order valence-corrected chi connectivity index (χ1v) is 37.0. The summed E-state index contributed by atoms with van der Waals surface area (Å²) in [5.41, 5.74) is 7.63. The van der Waals surface area contributed by atoms with Gasteiger partial charge in [-0.1, -0.05) is 57.2 Å². The molecule has 3 aliphatic rings. The van der Waals surface area contributed by atoms with E-state index in [1.165, 1.54) is 72.6 Å². The van der Waals surface area contributed by atoms with Gasteiger partial charge in [0.05, 0.1) is 13.5 Å². The molecule has 5 heterocycles. The minimum Gasteiger partial charge on any atom is -0.497 e. The average molecular weight is 1460 g/mol. The number of nitrogens with one attached hydrogen (secondary N) is 12. The normalized spacial score (nSPS) is 24.2. The van der Waals surface area contributed by atoms with Gasteiger partial charge in [-0.2, -0.15) is 23.5 Å². The minimum absolute atomic E-state index is 0.0522. The molecular formula is C73H94F2N14O12S2. The Hall–Kier alpha value is -9.10. The standard InChI is InChI=1S/C73H94F2N14O12S2/c1-72(2,3)63-69(98)86-57(31-46-37-80-54-20-16-48(75)33-52(46)54)66(95)83-56(30-45-36-79-53-19-15-47(74)32-51(45)53)65(94)85-59(35-62(91)92)68(97)84-58(34-49-38-77-41-81-49)67(96)87-60(29-42-13-17-50(101-5)18-14-42)70(99)89-25-9-22-73(89,4)71(100)78-24-27-103-40-44-11-8-10-43(28-44)39-102-26-21-61(90)82-55(64(93)88-63)12-6-7-23-76/h8,10-11,13-20,28,32-33,36-37,49,55-60,63,77,79-81H,6-7,9,12,21-27,29-31,34-35,38-41,76H2,1-5H3,(H,78,100)(H,82,90)(H,83,95)(H,84,97)(H,85,94)(H,86,98)(H,87,96)(H,88,93)(H,91,92)/t49?,55-,56-,57-,58-,59-,60-,63-,73-/m1/s1. The molecule has 103 heavy (non-hydrogen) atoms. The number of aromatic nitrogens is 2. The lowest BCUT2D eigenvalue weighted by molar-refractivity contribution is -0.146. The molecule has 0 spiro atoms. The first kappa shape index (κ1) is 78.0. The van der Waals surface area contributed by atoms with Gasteiger partial charge in [-0.05, 0) is 134 Å². The summed E-state index contributed by atoms with van der Waals surface area (Å²) in [7, 11) is 1.50. The minimum atomic E-state index is -1.98. The molecule has 26 nitrogen and oxygen atoms in total. The van der Waals surface area contributed by atoms with Crippen LogP contribution in [0.1, 0.15) is 107 Å². The molecule has 2 fully saturated rings. The number of nitrogens with two attached hydrogens (primary N) is 1. The van der Waals surface area contributed by atoms with Crippen molar-refractivity contribution in [2.45, 2.75) is 164 Å². The second-order valence-electron chi connectivity index (χ2n) is 27.6. The van der Waals surface area contributed by atoms with E-state index in [1.807, 2.05) is 18.2 Å². The Morgan fingerprint density at radius 3 is 1.83 bits per heavy atom. The predicted molar refractivity (Wildman–Crippen MR) is 389 cm³/mol. The maximum atomic E-state index is 15.4. The second-order valence-corrected chi connectivity index (χ2v) is 29.9. The van der Waals surface area contributed by atoms with E-state index in [4.69, 9.17) is 10.5 Å². The summed E-state index contributed by atoms with van der Waals surface area (Å²) in [4.78, 5) is 154. The maximum Gasteiger partial charge on any atom is 0.305 e. The quantitative estimate of drug-likeness (QED) is 0.0646. The number of carboxylic acid groups (broad SMARTS) is 1. The van der Waals surface area contributed by atoms with Crippen LogP contribution in [0.2, 0.25) is 0 Å². The van der Waals surface area contributed by atoms with E-state index in [0.717, 1.165) is 11.1 Å². The SMILES string of the molecule is COc1ccc(C[C@H]2NC(=O)[C@@H](CC3CNCN3)NC(=O)[C@@H](CC(=O)O)NC(=O)[C@@H](Cc3c[nH]c4ccc(F)cc34)NC(=O)[C@@H](Cc3c[nH]c4ccc(F)cc34)NC(=O)[C@H](C(C)(C)C)NC(=O)[C@@H](CCCCN)NC(=O)CCSCc3cccc(c3)CSCCNC(=O)[C@@]3(C)CCCN3C2=O)cc1. The maximum absolute atomic E-state index is 15.4. The third kappa shape index (κ3) is 21.5. The topological polar surface area (TPSA) is 381 Å². The number of unbranched alkanes of at least 4 members (excludes halogenated alkanes) is 1. The number of carbonyl (C=O) groups excluding carboxylic acids is 9. The number of thioether (sulfide) groups is 2. The van der Waals surface area contributed by atoms with Crippen molar-refractivity contribution in [1.82, 2.24) is 68.0 Å². The highest BCUT2D eigenvalue weighted by Crippen LogP contribution is 2.32. The zero-order chi connectivity index (χ0) is 74.0. The molecule has 4 aromatic carbocycles. The average Bonchev–Trinajstić information content (AvgIpc) is 1.67. The Kier molecular flexibility index (Phi) is 27.5. The summed E-state index contributed by atoms with van der Waals surface area (Å²) >= 11 is 3.14. The molecule has 2 saturated heterocycles. The highest BCUT2D eigenvalue weighted by Gasteiger charge is 2.48. The molecule has 9 amide bonds. The molecule has 0 saturated carbocycles. The van der Waals surface area contributed by atoms with Crippen LogP contribution in [0.4, 0.5) is 8.78 Å². The van der Waals surface area contributed by atoms with Gasteiger partial charge in [0.25, 0.3) is 0 Å². The van der Waals surface area contributed by atoms with Crippen LogP contribution in [-0.2, 0) is 78.7 Å². The molecule has 554 valence electrons. The Labute approximate surface area is 604 Å². The molecule has 30 heteroatoms. The van der Waals surface area contributed by atoms with Gasteiger partial charge in [0, 0.05) is 115 Å². The number of aromatic amines is 2. The fourth-order valence-electron chi connectivity index (χ4n) is 13.1. The van der Waals surface area contributed by atoms with Gasteiger partial charge in [-0.3, -0.25) is 47.9 Å². The highest BCUT2D eigenvalue weighted by atomic mass is 32.2. The number of hydrogen-bond donors (Lipinski definition) is 14. The molecule has 9 atom stereocenters. The van der Waals surface area contributed by atoms with E-state index in [-0.39, 0.29) is 56.7 Å². The number of carboxylic acids is 1. The monoisotopic (exact) mass is 1460 g/mol. The van der Waals surface area contributed by atoms with Crippen molar-refractivity contribution in [1.29, 1.82) is 0 Å². The number of hydrogen-bond acceptors (Lipinski definition) is 16. The Morgan fingerprint density at radius 2 is 1.24 bits per heavy atom. The van der Waals surface area contributed by atoms with Gasteiger partial charge >= 0.3 is 5.97 Å². The van der Waals surface area contributed by atoms with E-state index >= 15 is 32.8 Å². The van der Waals surface area contributed by atoms with Crippen molar-refractivity contribution in [3.8, 4) is 5.75 Å². The number of halogens is 2. The van der Waals surface area contributed by atoms with E-state index < -0.39 is 137 Å². The van der Waals surface area contributed by atoms with Crippen molar-refractivity contribution in [3.63, 3.8) is 0 Å². The van der Waals surface area contributed by atoms with Crippen molar-refractivity contribution in [2.24, 2.45) is 11.1 Å². The lowest BCUT2D eigenvalue weighted by Gasteiger charge is -2.37. The molecular weight excluding hydrogens is 1370 g/mol. The van der Waals surface area contributed by atoms with Crippen molar-refractivity contribution < 1.29 is 66.6 Å². The fourth-order valence-corrected chi connectivity index (χ4v) is 14.8. The second kappa shape index (κ2) is 36.4. The summed E-state index contributed by atoms with van der Waals surface area (Å²) in [5, 5.41) is 39.7. The Morgan fingerprint density at radius 1 is 0.670 bits per heavy atom. The van der Waals surface area contributed by atoms with Crippen molar-refractivity contribution >= 4 is 104 Å². The van der Waals surface area contributed by atoms with Crippen molar-refractivity contribution in [3.05, 3.63) is 137 Å². The summed E-state index contributed by atoms with van der Waals surface area (Å²) in [6.45, 7) is 8.15. The third-order valence-electron chi connectivity index (χ3n) is 18.8. The van der Waals surface area contributed by atoms with Gasteiger partial charge in [0.15, 0.2) is 0 Å². The van der Waals surface area contributed by atoms with Gasteiger partial charge < -0.3 is 83.6 Å². The summed E-state index contributed by atoms with van der Waals surface area (Å²) in [6, 6.07) is 11.4. The van der Waals surface area contributed by atoms with Gasteiger partial charge in [-0.15, -0.1) is 0 Å². The molecule has 2 aromatic heterocycles. The number of ether oxygens (including phenoxy) is 1. The molecule has 3 aliphatic heterocycles. The number of carbonyl (C=O) groups is 10. The molecule has 0 radical (unpaired) electrons. The molecule has 0 aliphatic carbocycles. The third-order valence-corrected chi connectivity index (χ3v) is 20.9. The Bertz CT molecular complexity index is 4020. The van der Waals surface area contributed by atoms with E-state index in [2.05, 4.69) is 69.2 Å². The number of amides is 9. The van der Waals surface area contributed by atoms with Crippen LogP contribution in [0, 0.1) is 17.0 Å². The number of H-pyrrole nitrogens is 2. The fraction of sp³-hybridized carbons (Fsp3) is 0.479. The number of benzene rings is 4. The highest BCUT2D eigenvalue weighted by molar-refractivity contribution is 7.98. The number of nitrogens with zero attached hydrogens (tertiary/aromatic N) is 1. The lowest BCUT2D eigenvalue weighted by atomic mass is 9.85. The molecule has 1 unspecified atom stereocenters. The van der Waals surface area contributed by atoms with Crippen LogP contribution < -0.4 is 63.6 Å². The van der Waals surface area contributed by atoms with E-state index in [1.54, 1.807) is 63.7 Å². The first-order valence-electron chi connectivity index (χ1n) is 34.7. The van der Waals surface area contributed by atoms with E-state index in [0.29, 0.717) is 107 Å². The van der Waals surface area contributed by atoms with Crippen LogP contribution in [0.25, 0.3) is 21.8 Å². The van der Waals surface area contributed by atoms with Crippen LogP contribution >= 0.6 is 23.5 Å². The largest absolute Gasteiger partial charge is 0.497 e. The lowest BCUT2D eigenvalue weighted by Crippen LogP contribution is -2.63. The predicted octanol–water partition coefficient (Wildman–Crippen LogP) is 3.98. The van der Waals surface area contributed by atoms with Gasteiger partial charge in [0.1, 0.15) is 65.2 Å². The molecule has 15 N–H and O–H groups in total. The summed E-state index contributed by atoms with van der Waals surface area (Å²) in [6.07, 6.45) is 2.87. The smallest absolute Gasteiger partial charge is 0.305 e. The summed E-state index contributed by atoms with van der Waals surface area (Å²) < 4.78 is 35.5. The van der Waals surface area contributed by atoms with Crippen LogP contribution in [0.3, 0.4) is 0 Å². The van der Waals surface area contributed by atoms with E-state index in [9.17, 15) is 29.1 Å². The zero-order valence-electron chi connectivity index (χ0n) is 58.5. The number of aliphatic carboxylic acids is 1. The molecule has 6 aromatic rings. The van der Waals surface area contributed by atoms with Gasteiger partial charge in [-0.25, -0.2) is 8.78 Å². The van der Waals surface area contributed by atoms with Crippen molar-refractivity contribution in [2.75, 3.05) is 51.5 Å². The van der Waals surface area contributed by atoms with Gasteiger partial charge in [0.2, 0.25) is 53.2 Å². The zero-order valence-corrected chi connectivity index (χ0v) is 60.2. The summed E-state index contributed by atoms with van der Waals surface area (Å²) in [5.74, 6) is -7.27. The number of rotatable bonds is 15. The number of fused-ring (bicyclic) bond motifs is 5. The van der Waals surface area contributed by atoms with Crippen LogP contribution in [0.15, 0.2) is 97.3 Å². The number of methoxy groups -OCH3 is 1. The first-order chi connectivity index (χ1) is 49.3. The van der Waals surface area contributed by atoms with Crippen LogP contribution in [0.5, 0.6) is 5.75 Å². The molecule has 2 bridgehead atoms. The molecule has 9 rings (SSSR count). The van der Waals surface area contributed by atoms with Crippen LogP contribution in [-0.4, -0.2) is 184 Å².